The summed E-state index contributed by atoms with van der Waals surface area (Å²) < 4.78 is 14.1. The second-order valence-electron chi connectivity index (χ2n) is 5.83. The lowest BCUT2D eigenvalue weighted by Crippen LogP contribution is -2.21. The molecule has 0 bridgehead atoms. The van der Waals surface area contributed by atoms with Crippen molar-refractivity contribution in [3.8, 4) is 0 Å². The van der Waals surface area contributed by atoms with Crippen LogP contribution in [0.15, 0.2) is 18.2 Å². The Labute approximate surface area is 131 Å². The van der Waals surface area contributed by atoms with E-state index in [0.717, 1.165) is 57.3 Å². The molecule has 22 heavy (non-hydrogen) atoms. The molecule has 0 unspecified atom stereocenters. The molecule has 1 aliphatic heterocycles. The summed E-state index contributed by atoms with van der Waals surface area (Å²) in [7, 11) is 0. The minimum atomic E-state index is -0.360. The van der Waals surface area contributed by atoms with Crippen molar-refractivity contribution in [2.45, 2.75) is 44.9 Å². The van der Waals surface area contributed by atoms with Crippen molar-refractivity contribution in [1.82, 2.24) is 0 Å². The van der Waals surface area contributed by atoms with Crippen molar-refractivity contribution < 1.29 is 9.18 Å². The third-order valence-corrected chi connectivity index (χ3v) is 4.06. The summed E-state index contributed by atoms with van der Waals surface area (Å²) in [5.74, 6) is -0.473. The Kier molecular flexibility index (Phi) is 6.65. The van der Waals surface area contributed by atoms with E-state index in [2.05, 4.69) is 10.2 Å². The molecule has 122 valence electrons. The van der Waals surface area contributed by atoms with Gasteiger partial charge in [-0.25, -0.2) is 4.39 Å². The smallest absolute Gasteiger partial charge is 0.224 e. The van der Waals surface area contributed by atoms with Crippen LogP contribution >= 0.6 is 0 Å². The minimum Gasteiger partial charge on any atom is -0.370 e. The Morgan fingerprint density at radius 1 is 1.18 bits per heavy atom. The highest BCUT2D eigenvalue weighted by atomic mass is 19.1. The van der Waals surface area contributed by atoms with Crippen LogP contribution in [0.5, 0.6) is 0 Å². The maximum absolute atomic E-state index is 14.1. The standard InChI is InChI=1S/C17H26FN3O/c18-14-8-7-9-15(21-12-5-6-13-21)17(14)20-16(22)10-3-1-2-4-11-19/h7-9H,1-6,10-13,19H2,(H,20,22). The average molecular weight is 307 g/mol. The number of benzene rings is 1. The van der Waals surface area contributed by atoms with Crippen LogP contribution < -0.4 is 16.0 Å². The maximum atomic E-state index is 14.1. The topological polar surface area (TPSA) is 58.4 Å². The molecule has 0 spiro atoms. The van der Waals surface area contributed by atoms with Crippen LogP contribution in [-0.2, 0) is 4.79 Å². The van der Waals surface area contributed by atoms with Crippen molar-refractivity contribution in [2.75, 3.05) is 29.9 Å². The molecule has 4 nitrogen and oxygen atoms in total. The number of hydrogen-bond acceptors (Lipinski definition) is 3. The lowest BCUT2D eigenvalue weighted by molar-refractivity contribution is -0.116. The fraction of sp³-hybridized carbons (Fsp3) is 0.588. The van der Waals surface area contributed by atoms with E-state index >= 15 is 0 Å². The summed E-state index contributed by atoms with van der Waals surface area (Å²) in [5, 5.41) is 2.77. The number of hydrogen-bond donors (Lipinski definition) is 2. The summed E-state index contributed by atoms with van der Waals surface area (Å²) in [4.78, 5) is 14.2. The third-order valence-electron chi connectivity index (χ3n) is 4.06. The monoisotopic (exact) mass is 307 g/mol. The van der Waals surface area contributed by atoms with E-state index in [1.54, 1.807) is 6.07 Å². The number of para-hydroxylation sites is 1. The zero-order valence-corrected chi connectivity index (χ0v) is 13.1. The number of nitrogens with two attached hydrogens (primary N) is 1. The van der Waals surface area contributed by atoms with Gasteiger partial charge in [-0.1, -0.05) is 18.9 Å². The van der Waals surface area contributed by atoms with Crippen molar-refractivity contribution in [3.63, 3.8) is 0 Å². The van der Waals surface area contributed by atoms with Crippen LogP contribution in [0, 0.1) is 5.82 Å². The SMILES string of the molecule is NCCCCCCC(=O)Nc1c(F)cccc1N1CCCC1. The Morgan fingerprint density at radius 3 is 2.64 bits per heavy atom. The summed E-state index contributed by atoms with van der Waals surface area (Å²) >= 11 is 0. The molecule has 1 saturated heterocycles. The number of amides is 1. The molecule has 0 radical (unpaired) electrons. The lowest BCUT2D eigenvalue weighted by Gasteiger charge is -2.22. The first-order valence-corrected chi connectivity index (χ1v) is 8.25. The van der Waals surface area contributed by atoms with Crippen molar-refractivity contribution in [2.24, 2.45) is 5.73 Å². The van der Waals surface area contributed by atoms with Gasteiger partial charge >= 0.3 is 0 Å². The molecule has 0 atom stereocenters. The molecular formula is C17H26FN3O. The van der Waals surface area contributed by atoms with Gasteiger partial charge in [0.05, 0.1) is 5.69 Å². The first-order chi connectivity index (χ1) is 10.7. The van der Waals surface area contributed by atoms with Gasteiger partial charge in [-0.3, -0.25) is 4.79 Å². The molecule has 2 rings (SSSR count). The van der Waals surface area contributed by atoms with E-state index in [9.17, 15) is 9.18 Å². The Morgan fingerprint density at radius 2 is 1.91 bits per heavy atom. The number of anilines is 2. The fourth-order valence-electron chi connectivity index (χ4n) is 2.84. The highest BCUT2D eigenvalue weighted by molar-refractivity contribution is 5.94. The minimum absolute atomic E-state index is 0.113. The average Bonchev–Trinajstić information content (AvgIpc) is 3.03. The van der Waals surface area contributed by atoms with Gasteiger partial charge in [0.1, 0.15) is 11.5 Å². The molecule has 0 aliphatic carbocycles. The number of carbonyl (C=O) groups is 1. The Hall–Kier alpha value is -1.62. The van der Waals surface area contributed by atoms with Gasteiger partial charge in [-0.15, -0.1) is 0 Å². The lowest BCUT2D eigenvalue weighted by atomic mass is 10.1. The number of halogens is 1. The molecule has 3 N–H and O–H groups in total. The normalized spacial score (nSPS) is 14.4. The first kappa shape index (κ1) is 16.7. The van der Waals surface area contributed by atoms with Gasteiger partial charge in [0, 0.05) is 19.5 Å². The zero-order chi connectivity index (χ0) is 15.8. The molecular weight excluding hydrogens is 281 g/mol. The van der Waals surface area contributed by atoms with Crippen LogP contribution in [-0.4, -0.2) is 25.5 Å². The largest absolute Gasteiger partial charge is 0.370 e. The van der Waals surface area contributed by atoms with Crippen molar-refractivity contribution in [1.29, 1.82) is 0 Å². The van der Waals surface area contributed by atoms with Crippen LogP contribution in [0.1, 0.15) is 44.9 Å². The molecule has 1 heterocycles. The molecule has 1 aliphatic rings. The van der Waals surface area contributed by atoms with Crippen LogP contribution in [0.2, 0.25) is 0 Å². The van der Waals surface area contributed by atoms with Gasteiger partial charge in [-0.05, 0) is 44.4 Å². The molecule has 1 fully saturated rings. The highest BCUT2D eigenvalue weighted by Gasteiger charge is 2.19. The van der Waals surface area contributed by atoms with Gasteiger partial charge < -0.3 is 16.0 Å². The number of nitrogens with one attached hydrogen (secondary N) is 1. The third kappa shape index (κ3) is 4.70. The first-order valence-electron chi connectivity index (χ1n) is 8.25. The number of nitrogens with zero attached hydrogens (tertiary/aromatic N) is 1. The highest BCUT2D eigenvalue weighted by Crippen LogP contribution is 2.31. The number of carbonyl (C=O) groups excluding carboxylic acids is 1. The van der Waals surface area contributed by atoms with Crippen molar-refractivity contribution >= 4 is 17.3 Å². The Balaban J connectivity index is 1.92. The van der Waals surface area contributed by atoms with E-state index in [0.29, 0.717) is 18.7 Å². The fourth-order valence-corrected chi connectivity index (χ4v) is 2.84. The van der Waals surface area contributed by atoms with E-state index < -0.39 is 0 Å². The van der Waals surface area contributed by atoms with E-state index in [-0.39, 0.29) is 11.7 Å². The van der Waals surface area contributed by atoms with Crippen molar-refractivity contribution in [3.05, 3.63) is 24.0 Å². The molecule has 0 saturated carbocycles. The summed E-state index contributed by atoms with van der Waals surface area (Å²) in [6, 6.07) is 4.98. The van der Waals surface area contributed by atoms with Gasteiger partial charge in [0.15, 0.2) is 0 Å². The molecule has 5 heteroatoms. The number of rotatable bonds is 8. The van der Waals surface area contributed by atoms with Gasteiger partial charge in [0.25, 0.3) is 0 Å². The summed E-state index contributed by atoms with van der Waals surface area (Å²) in [5.41, 5.74) is 6.57. The second-order valence-corrected chi connectivity index (χ2v) is 5.83. The Bertz CT molecular complexity index is 487. The van der Waals surface area contributed by atoms with E-state index in [1.165, 1.54) is 6.07 Å². The molecule has 1 amide bonds. The van der Waals surface area contributed by atoms with E-state index in [1.807, 2.05) is 6.07 Å². The predicted octanol–water partition coefficient (Wildman–Crippen LogP) is 3.27. The predicted molar refractivity (Wildman–Crippen MR) is 88.6 cm³/mol. The van der Waals surface area contributed by atoms with E-state index in [4.69, 9.17) is 5.73 Å². The van der Waals surface area contributed by atoms with Crippen LogP contribution in [0.25, 0.3) is 0 Å². The zero-order valence-electron chi connectivity index (χ0n) is 13.1. The summed E-state index contributed by atoms with van der Waals surface area (Å²) in [6.07, 6.45) is 6.51. The summed E-state index contributed by atoms with van der Waals surface area (Å²) in [6.45, 7) is 2.54. The molecule has 1 aromatic rings. The number of unbranched alkanes of at least 4 members (excludes halogenated alkanes) is 3. The maximum Gasteiger partial charge on any atom is 0.224 e. The van der Waals surface area contributed by atoms with Crippen LogP contribution in [0.3, 0.4) is 0 Å². The molecule has 1 aromatic carbocycles. The van der Waals surface area contributed by atoms with Gasteiger partial charge in [-0.2, -0.15) is 0 Å². The molecule has 0 aromatic heterocycles. The van der Waals surface area contributed by atoms with Gasteiger partial charge in [0.2, 0.25) is 5.91 Å². The second kappa shape index (κ2) is 8.73. The van der Waals surface area contributed by atoms with Crippen LogP contribution in [0.4, 0.5) is 15.8 Å². The quantitative estimate of drug-likeness (QED) is 0.725.